The second-order valence-corrected chi connectivity index (χ2v) is 6.51. The number of fused-ring (bicyclic) bond motifs is 3. The molecule has 3 heteroatoms. The van der Waals surface area contributed by atoms with Crippen molar-refractivity contribution >= 4 is 11.9 Å². The molecule has 1 saturated carbocycles. The van der Waals surface area contributed by atoms with E-state index in [9.17, 15) is 9.18 Å². The molecular formula is C17H19FO2. The maximum absolute atomic E-state index is 13.0. The molecule has 106 valence electrons. The molecule has 0 N–H and O–H groups in total. The van der Waals surface area contributed by atoms with Crippen molar-refractivity contribution in [3.05, 3.63) is 41.2 Å². The molecule has 2 unspecified atom stereocenters. The zero-order valence-corrected chi connectivity index (χ0v) is 12.1. The Bertz CT molecular complexity index is 586. The number of halogens is 1. The van der Waals surface area contributed by atoms with E-state index in [1.807, 2.05) is 26.8 Å². The topological polar surface area (TPSA) is 26.3 Å². The van der Waals surface area contributed by atoms with Crippen molar-refractivity contribution in [2.75, 3.05) is 0 Å². The third-order valence-corrected chi connectivity index (χ3v) is 4.55. The van der Waals surface area contributed by atoms with Crippen molar-refractivity contribution in [1.82, 2.24) is 0 Å². The Labute approximate surface area is 118 Å². The maximum atomic E-state index is 13.0. The molecule has 2 atom stereocenters. The monoisotopic (exact) mass is 274 g/mol. The van der Waals surface area contributed by atoms with E-state index in [4.69, 9.17) is 4.74 Å². The molecule has 2 heterocycles. The second kappa shape index (κ2) is 4.26. The predicted octanol–water partition coefficient (Wildman–Crippen LogP) is 3.76. The SMILES string of the molecule is CC12CCC(/C(=C\c3ccc(F)cc3)C1=O)C(C)(C)O2. The third kappa shape index (κ3) is 2.01. The largest absolute Gasteiger partial charge is 0.361 e. The first-order valence-corrected chi connectivity index (χ1v) is 7.04. The lowest BCUT2D eigenvalue weighted by Gasteiger charge is -2.53. The summed E-state index contributed by atoms with van der Waals surface area (Å²) < 4.78 is 19.0. The number of Topliss-reactive ketones (excluding diaryl/α,β-unsaturated/α-hetero) is 1. The first-order chi connectivity index (χ1) is 9.32. The van der Waals surface area contributed by atoms with Crippen LogP contribution >= 0.6 is 0 Å². The molecule has 2 aliphatic heterocycles. The summed E-state index contributed by atoms with van der Waals surface area (Å²) in [5, 5.41) is 0. The summed E-state index contributed by atoms with van der Waals surface area (Å²) in [7, 11) is 0. The van der Waals surface area contributed by atoms with Gasteiger partial charge in [0.05, 0.1) is 5.60 Å². The minimum atomic E-state index is -0.704. The Kier molecular flexibility index (Phi) is 2.87. The van der Waals surface area contributed by atoms with Gasteiger partial charge in [-0.1, -0.05) is 12.1 Å². The van der Waals surface area contributed by atoms with Gasteiger partial charge in [0.15, 0.2) is 5.78 Å². The zero-order chi connectivity index (χ0) is 14.5. The zero-order valence-electron chi connectivity index (χ0n) is 12.1. The molecule has 0 aromatic heterocycles. The van der Waals surface area contributed by atoms with E-state index >= 15 is 0 Å². The van der Waals surface area contributed by atoms with Crippen LogP contribution in [0, 0.1) is 11.7 Å². The van der Waals surface area contributed by atoms with E-state index < -0.39 is 5.60 Å². The van der Waals surface area contributed by atoms with E-state index in [0.717, 1.165) is 24.0 Å². The summed E-state index contributed by atoms with van der Waals surface area (Å²) in [5.41, 5.74) is 0.653. The maximum Gasteiger partial charge on any atom is 0.190 e. The summed E-state index contributed by atoms with van der Waals surface area (Å²) in [6, 6.07) is 6.24. The molecule has 2 bridgehead atoms. The van der Waals surface area contributed by atoms with Crippen molar-refractivity contribution in [3.8, 4) is 0 Å². The van der Waals surface area contributed by atoms with Crippen molar-refractivity contribution in [2.45, 2.75) is 44.8 Å². The number of hydrogen-bond donors (Lipinski definition) is 0. The molecule has 4 rings (SSSR count). The second-order valence-electron chi connectivity index (χ2n) is 6.51. The average Bonchev–Trinajstić information content (AvgIpc) is 2.36. The van der Waals surface area contributed by atoms with E-state index in [1.54, 1.807) is 12.1 Å². The number of hydrogen-bond acceptors (Lipinski definition) is 2. The van der Waals surface area contributed by atoms with Crippen LogP contribution in [0.15, 0.2) is 29.8 Å². The molecule has 1 aromatic carbocycles. The van der Waals surface area contributed by atoms with Gasteiger partial charge in [-0.2, -0.15) is 0 Å². The Balaban J connectivity index is 2.04. The van der Waals surface area contributed by atoms with Gasteiger partial charge in [-0.05, 0) is 57.4 Å². The molecule has 2 saturated heterocycles. The summed E-state index contributed by atoms with van der Waals surface area (Å²) >= 11 is 0. The van der Waals surface area contributed by atoms with Crippen LogP contribution in [-0.2, 0) is 9.53 Å². The number of carbonyl (C=O) groups is 1. The van der Waals surface area contributed by atoms with Crippen molar-refractivity contribution in [2.24, 2.45) is 5.92 Å². The molecule has 0 spiro atoms. The van der Waals surface area contributed by atoms with Crippen LogP contribution in [0.3, 0.4) is 0 Å². The Morgan fingerprint density at radius 3 is 2.50 bits per heavy atom. The van der Waals surface area contributed by atoms with Crippen molar-refractivity contribution in [1.29, 1.82) is 0 Å². The van der Waals surface area contributed by atoms with Gasteiger partial charge in [-0.25, -0.2) is 4.39 Å². The van der Waals surface area contributed by atoms with E-state index in [0.29, 0.717) is 0 Å². The van der Waals surface area contributed by atoms with Crippen molar-refractivity contribution in [3.63, 3.8) is 0 Å². The van der Waals surface area contributed by atoms with Gasteiger partial charge in [0, 0.05) is 11.5 Å². The molecule has 0 amide bonds. The van der Waals surface area contributed by atoms with E-state index in [-0.39, 0.29) is 23.1 Å². The predicted molar refractivity (Wildman–Crippen MR) is 75.7 cm³/mol. The number of carbonyl (C=O) groups excluding carboxylic acids is 1. The summed E-state index contributed by atoms with van der Waals surface area (Å²) in [6.45, 7) is 5.96. The average molecular weight is 274 g/mol. The quantitative estimate of drug-likeness (QED) is 0.729. The molecule has 2 nitrogen and oxygen atoms in total. The number of rotatable bonds is 1. The highest BCUT2D eigenvalue weighted by Crippen LogP contribution is 2.50. The standard InChI is InChI=1S/C17H19FO2/c1-16(2)14-8-9-17(3,20-16)15(19)13(14)10-11-4-6-12(18)7-5-11/h4-7,10,14H,8-9H2,1-3H3/b13-10+. The lowest BCUT2D eigenvalue weighted by Crippen LogP contribution is -2.60. The Morgan fingerprint density at radius 2 is 1.90 bits per heavy atom. The normalized spacial score (nSPS) is 33.7. The Hall–Kier alpha value is -1.48. The molecule has 20 heavy (non-hydrogen) atoms. The van der Waals surface area contributed by atoms with Crippen LogP contribution in [0.1, 0.15) is 39.2 Å². The molecule has 1 aliphatic carbocycles. The van der Waals surface area contributed by atoms with Crippen LogP contribution in [0.5, 0.6) is 0 Å². The Morgan fingerprint density at radius 1 is 1.25 bits per heavy atom. The van der Waals surface area contributed by atoms with Crippen LogP contribution in [0.25, 0.3) is 6.08 Å². The summed E-state index contributed by atoms with van der Waals surface area (Å²) in [4.78, 5) is 12.6. The van der Waals surface area contributed by atoms with Crippen LogP contribution in [0.2, 0.25) is 0 Å². The fourth-order valence-electron chi connectivity index (χ4n) is 3.53. The van der Waals surface area contributed by atoms with E-state index in [2.05, 4.69) is 0 Å². The van der Waals surface area contributed by atoms with Gasteiger partial charge in [-0.15, -0.1) is 0 Å². The summed E-state index contributed by atoms with van der Waals surface area (Å²) in [5.74, 6) is -0.0708. The molecular weight excluding hydrogens is 255 g/mol. The fraction of sp³-hybridized carbons (Fsp3) is 0.471. The van der Waals surface area contributed by atoms with Crippen molar-refractivity contribution < 1.29 is 13.9 Å². The first-order valence-electron chi connectivity index (χ1n) is 7.04. The third-order valence-electron chi connectivity index (χ3n) is 4.55. The van der Waals surface area contributed by atoms with Gasteiger partial charge in [0.2, 0.25) is 0 Å². The minimum absolute atomic E-state index is 0.0809. The number of benzene rings is 1. The van der Waals surface area contributed by atoms with Gasteiger partial charge in [0.25, 0.3) is 0 Å². The van der Waals surface area contributed by atoms with Gasteiger partial charge >= 0.3 is 0 Å². The van der Waals surface area contributed by atoms with Crippen LogP contribution in [0.4, 0.5) is 4.39 Å². The van der Waals surface area contributed by atoms with Gasteiger partial charge in [0.1, 0.15) is 11.4 Å². The fourth-order valence-corrected chi connectivity index (χ4v) is 3.53. The summed E-state index contributed by atoms with van der Waals surface area (Å²) in [6.07, 6.45) is 3.64. The lowest BCUT2D eigenvalue weighted by molar-refractivity contribution is -0.206. The molecule has 1 aromatic rings. The lowest BCUT2D eigenvalue weighted by atomic mass is 9.65. The first kappa shape index (κ1) is 13.5. The molecule has 0 radical (unpaired) electrons. The highest BCUT2D eigenvalue weighted by Gasteiger charge is 2.56. The minimum Gasteiger partial charge on any atom is -0.361 e. The smallest absolute Gasteiger partial charge is 0.190 e. The number of ether oxygens (including phenoxy) is 1. The molecule has 3 fully saturated rings. The van der Waals surface area contributed by atoms with Crippen LogP contribution < -0.4 is 0 Å². The van der Waals surface area contributed by atoms with Crippen LogP contribution in [-0.4, -0.2) is 17.0 Å². The van der Waals surface area contributed by atoms with Gasteiger partial charge < -0.3 is 4.74 Å². The van der Waals surface area contributed by atoms with E-state index in [1.165, 1.54) is 12.1 Å². The highest BCUT2D eigenvalue weighted by molar-refractivity contribution is 6.07. The molecule has 3 aliphatic rings. The number of ketones is 1. The van der Waals surface area contributed by atoms with Gasteiger partial charge in [-0.3, -0.25) is 4.79 Å². The highest BCUT2D eigenvalue weighted by atomic mass is 19.1.